The average molecular weight is 141 g/mol. The molecular weight excluding hydrogens is 126 g/mol. The highest BCUT2D eigenvalue weighted by Crippen LogP contribution is 2.58. The van der Waals surface area contributed by atoms with Gasteiger partial charge in [-0.25, -0.2) is 0 Å². The minimum absolute atomic E-state index is 0.366. The molecule has 2 fully saturated rings. The Kier molecular flexibility index (Phi) is 1.29. The van der Waals surface area contributed by atoms with Crippen molar-refractivity contribution in [2.75, 3.05) is 13.2 Å². The normalized spacial score (nSPS) is 52.2. The van der Waals surface area contributed by atoms with E-state index >= 15 is 0 Å². The Morgan fingerprint density at radius 1 is 1.60 bits per heavy atom. The molecule has 0 aromatic carbocycles. The molecule has 1 saturated heterocycles. The lowest BCUT2D eigenvalue weighted by atomic mass is 10.0. The fraction of sp³-hybridized carbons (Fsp3) is 1.00. The molecule has 10 heavy (non-hydrogen) atoms. The predicted octanol–water partition coefficient (Wildman–Crippen LogP) is 0.760. The molecule has 1 aliphatic heterocycles. The smallest absolute Gasteiger partial charge is 0.0703 e. The molecule has 3 atom stereocenters. The highest BCUT2D eigenvalue weighted by molar-refractivity contribution is 5.04. The minimum Gasteiger partial charge on any atom is -0.376 e. The average Bonchev–Trinajstić information content (AvgIpc) is 2.43. The van der Waals surface area contributed by atoms with Crippen molar-refractivity contribution in [1.82, 2.24) is 0 Å². The fourth-order valence-corrected chi connectivity index (χ4v) is 2.04. The van der Waals surface area contributed by atoms with Crippen LogP contribution >= 0.6 is 0 Å². The lowest BCUT2D eigenvalue weighted by Gasteiger charge is -2.03. The molecule has 0 radical (unpaired) electrons. The fourth-order valence-electron chi connectivity index (χ4n) is 2.04. The van der Waals surface area contributed by atoms with Gasteiger partial charge in [-0.2, -0.15) is 0 Å². The Hall–Kier alpha value is -0.0800. The third kappa shape index (κ3) is 0.789. The highest BCUT2D eigenvalue weighted by Gasteiger charge is 2.55. The van der Waals surface area contributed by atoms with Crippen molar-refractivity contribution in [3.8, 4) is 0 Å². The van der Waals surface area contributed by atoms with Crippen molar-refractivity contribution in [3.63, 3.8) is 0 Å². The second kappa shape index (κ2) is 1.95. The van der Waals surface area contributed by atoms with Gasteiger partial charge in [-0.05, 0) is 24.2 Å². The molecular formula is C8H15NO. The molecule has 0 amide bonds. The summed E-state index contributed by atoms with van der Waals surface area (Å²) in [5.41, 5.74) is 6.08. The molecule has 2 rings (SSSR count). The molecule has 1 saturated carbocycles. The molecule has 2 N–H and O–H groups in total. The molecule has 2 heteroatoms. The summed E-state index contributed by atoms with van der Waals surface area (Å²) in [6, 6.07) is 0. The number of hydrogen-bond acceptors (Lipinski definition) is 2. The quantitative estimate of drug-likeness (QED) is 0.585. The summed E-state index contributed by atoms with van der Waals surface area (Å²) in [6.45, 7) is 3.98. The first kappa shape index (κ1) is 6.62. The maximum absolute atomic E-state index is 5.53. The second-order valence-corrected chi connectivity index (χ2v) is 3.84. The van der Waals surface area contributed by atoms with E-state index in [1.54, 1.807) is 0 Å². The first-order valence-electron chi connectivity index (χ1n) is 4.08. The van der Waals surface area contributed by atoms with E-state index in [0.717, 1.165) is 12.5 Å². The summed E-state index contributed by atoms with van der Waals surface area (Å²) in [4.78, 5) is 0. The zero-order valence-electron chi connectivity index (χ0n) is 6.47. The lowest BCUT2D eigenvalue weighted by Crippen LogP contribution is -2.18. The lowest BCUT2D eigenvalue weighted by molar-refractivity contribution is 0.110. The molecule has 0 bridgehead atoms. The molecule has 1 aliphatic carbocycles. The highest BCUT2D eigenvalue weighted by atomic mass is 16.5. The van der Waals surface area contributed by atoms with E-state index < -0.39 is 0 Å². The number of hydrogen-bond donors (Lipinski definition) is 1. The van der Waals surface area contributed by atoms with Crippen molar-refractivity contribution < 1.29 is 4.74 Å². The van der Waals surface area contributed by atoms with Crippen LogP contribution in [0.25, 0.3) is 0 Å². The van der Waals surface area contributed by atoms with Gasteiger partial charge in [0.2, 0.25) is 0 Å². The van der Waals surface area contributed by atoms with Crippen LogP contribution in [0.5, 0.6) is 0 Å². The van der Waals surface area contributed by atoms with E-state index in [9.17, 15) is 0 Å². The van der Waals surface area contributed by atoms with Crippen LogP contribution in [0, 0.1) is 11.3 Å². The maximum Gasteiger partial charge on any atom is 0.0703 e. The number of ether oxygens (including phenoxy) is 1. The summed E-state index contributed by atoms with van der Waals surface area (Å²) < 4.78 is 5.53. The molecule has 1 heterocycles. The monoisotopic (exact) mass is 141 g/mol. The Labute approximate surface area is 61.7 Å². The van der Waals surface area contributed by atoms with Gasteiger partial charge in [-0.3, -0.25) is 0 Å². The van der Waals surface area contributed by atoms with Gasteiger partial charge in [0.25, 0.3) is 0 Å². The van der Waals surface area contributed by atoms with E-state index in [4.69, 9.17) is 10.5 Å². The predicted molar refractivity (Wildman–Crippen MR) is 39.6 cm³/mol. The van der Waals surface area contributed by atoms with E-state index in [0.29, 0.717) is 18.1 Å². The minimum atomic E-state index is 0.366. The van der Waals surface area contributed by atoms with Crippen LogP contribution in [0.1, 0.15) is 19.8 Å². The third-order valence-electron chi connectivity index (χ3n) is 3.10. The van der Waals surface area contributed by atoms with Crippen LogP contribution in [0.3, 0.4) is 0 Å². The summed E-state index contributed by atoms with van der Waals surface area (Å²) in [5.74, 6) is 0.893. The van der Waals surface area contributed by atoms with Gasteiger partial charge in [0.1, 0.15) is 0 Å². The van der Waals surface area contributed by atoms with Crippen LogP contribution < -0.4 is 5.73 Å². The third-order valence-corrected chi connectivity index (χ3v) is 3.10. The van der Waals surface area contributed by atoms with Crippen molar-refractivity contribution in [2.24, 2.45) is 17.1 Å². The molecule has 2 aliphatic rings. The van der Waals surface area contributed by atoms with E-state index in [1.807, 2.05) is 0 Å². The van der Waals surface area contributed by atoms with Gasteiger partial charge >= 0.3 is 0 Å². The topological polar surface area (TPSA) is 35.2 Å². The SMILES string of the molecule is C[C@@H]1C[C@@]12CO[C@H](CN)C2. The van der Waals surface area contributed by atoms with Gasteiger partial charge in [0.05, 0.1) is 12.7 Å². The zero-order chi connectivity index (χ0) is 7.19. The van der Waals surface area contributed by atoms with E-state index in [-0.39, 0.29) is 0 Å². The van der Waals surface area contributed by atoms with Crippen LogP contribution in [0.2, 0.25) is 0 Å². The van der Waals surface area contributed by atoms with E-state index in [1.165, 1.54) is 12.8 Å². The van der Waals surface area contributed by atoms with Gasteiger partial charge in [0.15, 0.2) is 0 Å². The summed E-state index contributed by atoms with van der Waals surface area (Å²) in [6.07, 6.45) is 2.94. The van der Waals surface area contributed by atoms with Gasteiger partial charge in [-0.1, -0.05) is 6.92 Å². The van der Waals surface area contributed by atoms with Crippen LogP contribution in [-0.4, -0.2) is 19.3 Å². The standard InChI is InChI=1S/C8H15NO/c1-6-2-8(6)3-7(4-9)10-5-8/h6-7H,2-5,9H2,1H3/t6-,7+,8-/m1/s1. The van der Waals surface area contributed by atoms with Gasteiger partial charge in [0, 0.05) is 6.54 Å². The number of nitrogens with two attached hydrogens (primary N) is 1. The molecule has 1 spiro atoms. The summed E-state index contributed by atoms with van der Waals surface area (Å²) in [5, 5.41) is 0. The second-order valence-electron chi connectivity index (χ2n) is 3.84. The van der Waals surface area contributed by atoms with Crippen molar-refractivity contribution in [1.29, 1.82) is 0 Å². The van der Waals surface area contributed by atoms with Gasteiger partial charge < -0.3 is 10.5 Å². The molecule has 58 valence electrons. The maximum atomic E-state index is 5.53. The Bertz CT molecular complexity index is 148. The molecule has 0 unspecified atom stereocenters. The van der Waals surface area contributed by atoms with Crippen molar-refractivity contribution in [3.05, 3.63) is 0 Å². The Morgan fingerprint density at radius 3 is 2.60 bits per heavy atom. The zero-order valence-corrected chi connectivity index (χ0v) is 6.47. The number of rotatable bonds is 1. The Morgan fingerprint density at radius 2 is 2.30 bits per heavy atom. The molecule has 0 aromatic heterocycles. The molecule has 2 nitrogen and oxygen atoms in total. The van der Waals surface area contributed by atoms with Crippen molar-refractivity contribution >= 4 is 0 Å². The van der Waals surface area contributed by atoms with Crippen molar-refractivity contribution in [2.45, 2.75) is 25.9 Å². The first-order chi connectivity index (χ1) is 4.77. The largest absolute Gasteiger partial charge is 0.376 e. The summed E-state index contributed by atoms with van der Waals surface area (Å²) in [7, 11) is 0. The van der Waals surface area contributed by atoms with Crippen LogP contribution in [0.4, 0.5) is 0 Å². The first-order valence-corrected chi connectivity index (χ1v) is 4.08. The van der Waals surface area contributed by atoms with Crippen LogP contribution in [0.15, 0.2) is 0 Å². The summed E-state index contributed by atoms with van der Waals surface area (Å²) >= 11 is 0. The Balaban J connectivity index is 1.95. The van der Waals surface area contributed by atoms with E-state index in [2.05, 4.69) is 6.92 Å². The van der Waals surface area contributed by atoms with Gasteiger partial charge in [-0.15, -0.1) is 0 Å². The van der Waals surface area contributed by atoms with Crippen LogP contribution in [-0.2, 0) is 4.74 Å². The molecule has 0 aromatic rings.